The molecule has 4 aliphatic rings. The van der Waals surface area contributed by atoms with E-state index in [1.54, 1.807) is 86.8 Å². The Hall–Kier alpha value is -3.64. The molecule has 4 aliphatic heterocycles. The van der Waals surface area contributed by atoms with E-state index >= 15 is 0 Å². The fourth-order valence-corrected chi connectivity index (χ4v) is 9.49. The van der Waals surface area contributed by atoms with Gasteiger partial charge in [-0.25, -0.2) is 0 Å². The van der Waals surface area contributed by atoms with Crippen LogP contribution < -0.4 is 11.1 Å². The number of cyclic esters (lactones) is 1. The van der Waals surface area contributed by atoms with Crippen molar-refractivity contribution in [3.8, 4) is 0 Å². The molecule has 23 heteroatoms. The molecule has 0 saturated carbocycles. The lowest BCUT2D eigenvalue weighted by Crippen LogP contribution is -2.66. The van der Waals surface area contributed by atoms with Crippen LogP contribution in [-0.2, 0) is 33.3 Å². The molecule has 0 aromatic carbocycles. The zero-order chi connectivity index (χ0) is 56.4. The Kier molecular flexibility index (Phi) is 26.7. The maximum absolute atomic E-state index is 14.2. The predicted molar refractivity (Wildman–Crippen MR) is 271 cm³/mol. The highest BCUT2D eigenvalue weighted by Crippen LogP contribution is 2.39. The number of amides is 1. The van der Waals surface area contributed by atoms with E-state index in [-0.39, 0.29) is 31.6 Å². The molecule has 432 valence electrons. The van der Waals surface area contributed by atoms with E-state index in [1.807, 2.05) is 6.92 Å². The molecular weight excluding hydrogens is 1000 g/mol. The van der Waals surface area contributed by atoms with E-state index in [1.165, 1.54) is 19.1 Å². The topological polar surface area (TPSA) is 402 Å². The predicted octanol–water partition coefficient (Wildman–Crippen LogP) is -2.46. The van der Waals surface area contributed by atoms with E-state index < -0.39 is 184 Å². The van der Waals surface area contributed by atoms with E-state index in [2.05, 4.69) is 5.32 Å². The smallest absolute Gasteiger partial charge is 0.308 e. The molecule has 76 heavy (non-hydrogen) atoms. The van der Waals surface area contributed by atoms with Gasteiger partial charge in [-0.05, 0) is 39.5 Å². The van der Waals surface area contributed by atoms with Crippen LogP contribution in [0.1, 0.15) is 79.1 Å². The number of esters is 1. The summed E-state index contributed by atoms with van der Waals surface area (Å²) in [6.07, 6.45) is -5.55. The third-order valence-corrected chi connectivity index (χ3v) is 14.3. The highest BCUT2D eigenvalue weighted by Gasteiger charge is 2.53. The first-order valence-electron chi connectivity index (χ1n) is 25.9. The second-order valence-corrected chi connectivity index (χ2v) is 20.5. The molecule has 0 spiro atoms. The van der Waals surface area contributed by atoms with Crippen molar-refractivity contribution in [1.82, 2.24) is 5.32 Å². The molecule has 0 aliphatic carbocycles. The van der Waals surface area contributed by atoms with Gasteiger partial charge in [0, 0.05) is 31.1 Å². The lowest BCUT2D eigenvalue weighted by Gasteiger charge is -2.47. The molecule has 0 unspecified atom stereocenters. The number of aliphatic hydroxyl groups excluding tert-OH is 13. The Morgan fingerprint density at radius 1 is 0.658 bits per heavy atom. The van der Waals surface area contributed by atoms with Crippen molar-refractivity contribution in [2.75, 3.05) is 6.61 Å². The summed E-state index contributed by atoms with van der Waals surface area (Å²) in [4.78, 5) is 26.9. The Labute approximate surface area is 443 Å². The molecule has 4 rings (SSSR count). The van der Waals surface area contributed by atoms with Gasteiger partial charge in [0.25, 0.3) is 0 Å². The largest absolute Gasteiger partial charge is 0.462 e. The van der Waals surface area contributed by atoms with Crippen LogP contribution in [0.2, 0.25) is 0 Å². The van der Waals surface area contributed by atoms with Crippen LogP contribution in [0.4, 0.5) is 0 Å². The number of carbonyl (C=O) groups is 2. The van der Waals surface area contributed by atoms with Gasteiger partial charge in [0.15, 0.2) is 18.4 Å². The molecule has 4 heterocycles. The normalized spacial score (nSPS) is 46.7. The highest BCUT2D eigenvalue weighted by molar-refractivity contribution is 5.80. The van der Waals surface area contributed by atoms with Crippen molar-refractivity contribution in [2.24, 2.45) is 23.5 Å². The van der Waals surface area contributed by atoms with Gasteiger partial charge < -0.3 is 106 Å². The van der Waals surface area contributed by atoms with E-state index in [4.69, 9.17) is 29.4 Å². The molecule has 0 aromatic heterocycles. The number of nitrogens with two attached hydrogens (primary N) is 1. The first-order chi connectivity index (χ1) is 35.9. The SMILES string of the molecule is C[C@@H]1[C@H](O)[C@@H](C)/C=C/C=C/C=C/C=C/C=C/C=C/C=C/[C@H](O[C@@H]2O[C@H](C)[C@@H](O)[C@H](N)[C@@H]2O)C[C@@H]2O[C@](O)(C[C@@H](O)[C@H](O)CC[C@@H](O)C[C@@H](O)C[C@@H](O)CC(=O)O[C@H]1C)C[C@H](O)[C@H]2C(=O)N[C@@H]1[C@@H](O)[C@H](O)[C@@H](CO)O[C@H]1O. The van der Waals surface area contributed by atoms with Crippen LogP contribution in [0, 0.1) is 17.8 Å². The van der Waals surface area contributed by atoms with Crippen molar-refractivity contribution in [2.45, 2.75) is 207 Å². The molecule has 3 saturated heterocycles. The lowest BCUT2D eigenvalue weighted by atomic mass is 9.81. The number of fused-ring (bicyclic) bond motifs is 2. The van der Waals surface area contributed by atoms with Crippen LogP contribution in [0.15, 0.2) is 85.1 Å². The number of hydrogen-bond acceptors (Lipinski definition) is 22. The number of hydrogen-bond donors (Lipinski definition) is 16. The first kappa shape index (κ1) is 64.9. The maximum atomic E-state index is 14.2. The van der Waals surface area contributed by atoms with Crippen molar-refractivity contribution in [3.63, 3.8) is 0 Å². The van der Waals surface area contributed by atoms with E-state index in [9.17, 15) is 81.1 Å². The summed E-state index contributed by atoms with van der Waals surface area (Å²) in [5.74, 6) is -6.81. The average Bonchev–Trinajstić information content (AvgIpc) is 3.34. The lowest BCUT2D eigenvalue weighted by molar-refractivity contribution is -0.309. The molecule has 0 radical (unpaired) electrons. The van der Waals surface area contributed by atoms with Crippen LogP contribution in [0.25, 0.3) is 0 Å². The summed E-state index contributed by atoms with van der Waals surface area (Å²) < 4.78 is 28.8. The van der Waals surface area contributed by atoms with Gasteiger partial charge in [0.2, 0.25) is 5.91 Å². The van der Waals surface area contributed by atoms with Gasteiger partial charge >= 0.3 is 5.97 Å². The Balaban J connectivity index is 1.65. The number of aliphatic hydroxyl groups is 14. The van der Waals surface area contributed by atoms with Crippen LogP contribution >= 0.6 is 0 Å². The van der Waals surface area contributed by atoms with E-state index in [0.717, 1.165) is 0 Å². The number of carbonyl (C=O) groups excluding carboxylic acids is 2. The molecule has 17 N–H and O–H groups in total. The summed E-state index contributed by atoms with van der Waals surface area (Å²) in [6.45, 7) is 5.88. The van der Waals surface area contributed by atoms with Crippen molar-refractivity contribution in [1.29, 1.82) is 0 Å². The van der Waals surface area contributed by atoms with E-state index in [0.29, 0.717) is 0 Å². The average molecular weight is 1090 g/mol. The number of nitrogens with one attached hydrogen (secondary N) is 1. The minimum absolute atomic E-state index is 0.199. The Morgan fingerprint density at radius 3 is 1.83 bits per heavy atom. The second-order valence-electron chi connectivity index (χ2n) is 20.5. The minimum atomic E-state index is -2.49. The molecule has 2 bridgehead atoms. The summed E-state index contributed by atoms with van der Waals surface area (Å²) in [5, 5.41) is 154. The molecular formula is C53H84N2O21. The summed E-state index contributed by atoms with van der Waals surface area (Å²) >= 11 is 0. The van der Waals surface area contributed by atoms with Crippen LogP contribution in [0.3, 0.4) is 0 Å². The standard InChI is InChI=1S/C53H84N2O21/c1-28-17-15-13-11-9-7-5-6-8-10-12-14-16-18-35(74-52-48(67)43(54)46(65)31(4)73-52)24-39-42(50(69)55-44-49(68)47(66)40(27-56)75-51(44)70)38(62)26-53(71,76-39)25-37(61)36(60)20-19-32(57)21-33(58)22-34(59)23-41(63)72-30(3)29(2)45(28)64/h5-18,28-40,42-49,51-52,56-62,64-68,70-71H,19-27,54H2,1-4H3,(H,55,69)/b6-5+,9-7+,10-8+,13-11+,14-12+,17-15+,18-16+/t28-,29-,30-,31+,32+,33+,34+,35-,36+,37+,38-,39-,40+,42+,43-,44+,45+,46+,47+,48-,49+,51+,52-,53+/m0/s1. The third-order valence-electron chi connectivity index (χ3n) is 14.3. The molecule has 3 fully saturated rings. The molecule has 23 nitrogen and oxygen atoms in total. The quantitative estimate of drug-likeness (QED) is 0.127. The van der Waals surface area contributed by atoms with Gasteiger partial charge in [-0.3, -0.25) is 9.59 Å². The monoisotopic (exact) mass is 1080 g/mol. The second kappa shape index (κ2) is 31.2. The fraction of sp³-hybridized carbons (Fsp3) is 0.698. The van der Waals surface area contributed by atoms with Crippen molar-refractivity contribution >= 4 is 11.9 Å². The minimum Gasteiger partial charge on any atom is -0.462 e. The number of rotatable bonds is 5. The zero-order valence-corrected chi connectivity index (χ0v) is 43.4. The van der Waals surface area contributed by atoms with Crippen molar-refractivity contribution in [3.05, 3.63) is 85.1 Å². The summed E-state index contributed by atoms with van der Waals surface area (Å²) in [5.41, 5.74) is 6.10. The Bertz CT molecular complexity index is 1990. The van der Waals surface area contributed by atoms with Crippen LogP contribution in [-0.4, -0.2) is 218 Å². The zero-order valence-electron chi connectivity index (χ0n) is 43.4. The summed E-state index contributed by atoms with van der Waals surface area (Å²) in [7, 11) is 0. The number of ether oxygens (including phenoxy) is 5. The van der Waals surface area contributed by atoms with Crippen LogP contribution in [0.5, 0.6) is 0 Å². The van der Waals surface area contributed by atoms with Crippen molar-refractivity contribution < 1.29 is 105 Å². The number of allylic oxidation sites excluding steroid dienone is 12. The third kappa shape index (κ3) is 19.6. The molecule has 24 atom stereocenters. The first-order valence-corrected chi connectivity index (χ1v) is 25.9. The highest BCUT2D eigenvalue weighted by atomic mass is 16.7. The van der Waals surface area contributed by atoms with Gasteiger partial charge in [-0.2, -0.15) is 0 Å². The van der Waals surface area contributed by atoms with Gasteiger partial charge in [0.1, 0.15) is 36.6 Å². The summed E-state index contributed by atoms with van der Waals surface area (Å²) in [6, 6.07) is -2.93. The fourth-order valence-electron chi connectivity index (χ4n) is 9.49. The van der Waals surface area contributed by atoms with Gasteiger partial charge in [0.05, 0.1) is 92.1 Å². The molecule has 0 aromatic rings. The van der Waals surface area contributed by atoms with Gasteiger partial charge in [-0.15, -0.1) is 0 Å². The molecule has 1 amide bonds. The maximum Gasteiger partial charge on any atom is 0.308 e. The Morgan fingerprint density at radius 2 is 1.22 bits per heavy atom. The van der Waals surface area contributed by atoms with Gasteiger partial charge in [-0.1, -0.05) is 98.9 Å².